The molecule has 0 radical (unpaired) electrons. The standard InChI is InChI=1S/C15H9F3N2O/c16-10-3-4-11(14(18)13(10)17)20-15(21)9-2-1-8-5-6-19-12(8)7-9/h1-7,19H,(H,20,21). The lowest BCUT2D eigenvalue weighted by molar-refractivity contribution is 0.102. The quantitative estimate of drug-likeness (QED) is 0.692. The van der Waals surface area contributed by atoms with Gasteiger partial charge in [-0.25, -0.2) is 13.2 Å². The molecule has 3 nitrogen and oxygen atoms in total. The molecule has 6 heteroatoms. The summed E-state index contributed by atoms with van der Waals surface area (Å²) in [6, 6.07) is 8.43. The number of rotatable bonds is 2. The summed E-state index contributed by atoms with van der Waals surface area (Å²) in [5.41, 5.74) is 0.605. The third-order valence-electron chi connectivity index (χ3n) is 3.10. The Morgan fingerprint density at radius 2 is 1.81 bits per heavy atom. The van der Waals surface area contributed by atoms with Gasteiger partial charge in [-0.1, -0.05) is 6.07 Å². The maximum atomic E-state index is 13.5. The van der Waals surface area contributed by atoms with Crippen molar-refractivity contribution in [1.29, 1.82) is 0 Å². The molecule has 0 aliphatic carbocycles. The van der Waals surface area contributed by atoms with E-state index in [0.717, 1.165) is 23.0 Å². The SMILES string of the molecule is O=C(Nc1ccc(F)c(F)c1F)c1ccc2cc[nH]c2c1. The van der Waals surface area contributed by atoms with E-state index in [1.807, 2.05) is 6.07 Å². The van der Waals surface area contributed by atoms with Crippen molar-refractivity contribution in [1.82, 2.24) is 4.98 Å². The van der Waals surface area contributed by atoms with Gasteiger partial charge in [0.05, 0.1) is 5.69 Å². The van der Waals surface area contributed by atoms with E-state index in [1.165, 1.54) is 0 Å². The van der Waals surface area contributed by atoms with Gasteiger partial charge in [0, 0.05) is 17.3 Å². The molecule has 106 valence electrons. The van der Waals surface area contributed by atoms with E-state index in [9.17, 15) is 18.0 Å². The average Bonchev–Trinajstić information content (AvgIpc) is 2.95. The van der Waals surface area contributed by atoms with Gasteiger partial charge in [-0.15, -0.1) is 0 Å². The molecule has 21 heavy (non-hydrogen) atoms. The molecule has 3 rings (SSSR count). The molecule has 0 atom stereocenters. The highest BCUT2D eigenvalue weighted by atomic mass is 19.2. The number of carbonyl (C=O) groups excluding carboxylic acids is 1. The summed E-state index contributed by atoms with van der Waals surface area (Å²) in [7, 11) is 0. The number of hydrogen-bond acceptors (Lipinski definition) is 1. The first-order valence-corrected chi connectivity index (χ1v) is 6.08. The molecule has 0 fully saturated rings. The van der Waals surface area contributed by atoms with Crippen molar-refractivity contribution in [2.24, 2.45) is 0 Å². The highest BCUT2D eigenvalue weighted by Crippen LogP contribution is 2.21. The Labute approximate surface area is 117 Å². The average molecular weight is 290 g/mol. The third kappa shape index (κ3) is 2.35. The smallest absolute Gasteiger partial charge is 0.255 e. The lowest BCUT2D eigenvalue weighted by Crippen LogP contribution is -2.13. The van der Waals surface area contributed by atoms with Crippen LogP contribution in [0.1, 0.15) is 10.4 Å². The zero-order valence-corrected chi connectivity index (χ0v) is 10.6. The summed E-state index contributed by atoms with van der Waals surface area (Å²) in [5, 5.41) is 3.14. The van der Waals surface area contributed by atoms with Crippen LogP contribution in [-0.2, 0) is 0 Å². The van der Waals surface area contributed by atoms with Crippen LogP contribution in [0, 0.1) is 17.5 Å². The van der Waals surface area contributed by atoms with Crippen molar-refractivity contribution >= 4 is 22.5 Å². The van der Waals surface area contributed by atoms with E-state index in [0.29, 0.717) is 0 Å². The Morgan fingerprint density at radius 1 is 1.00 bits per heavy atom. The van der Waals surface area contributed by atoms with E-state index in [1.54, 1.807) is 24.4 Å². The Morgan fingerprint density at radius 3 is 2.62 bits per heavy atom. The summed E-state index contributed by atoms with van der Waals surface area (Å²) >= 11 is 0. The van der Waals surface area contributed by atoms with Gasteiger partial charge in [0.15, 0.2) is 17.5 Å². The summed E-state index contributed by atoms with van der Waals surface area (Å²) in [5.74, 6) is -4.97. The van der Waals surface area contributed by atoms with Crippen molar-refractivity contribution < 1.29 is 18.0 Å². The van der Waals surface area contributed by atoms with E-state index in [-0.39, 0.29) is 5.56 Å². The number of aromatic nitrogens is 1. The van der Waals surface area contributed by atoms with Crippen LogP contribution < -0.4 is 5.32 Å². The molecule has 0 unspecified atom stereocenters. The Hall–Kier alpha value is -2.76. The number of benzene rings is 2. The highest BCUT2D eigenvalue weighted by Gasteiger charge is 2.16. The second kappa shape index (κ2) is 4.97. The number of carbonyl (C=O) groups is 1. The van der Waals surface area contributed by atoms with E-state index in [2.05, 4.69) is 10.3 Å². The second-order valence-electron chi connectivity index (χ2n) is 4.46. The fourth-order valence-corrected chi connectivity index (χ4v) is 2.01. The molecule has 0 aliphatic heterocycles. The Kier molecular flexibility index (Phi) is 3.13. The van der Waals surface area contributed by atoms with Gasteiger partial charge in [0.2, 0.25) is 0 Å². The number of amides is 1. The van der Waals surface area contributed by atoms with Crippen molar-refractivity contribution in [3.63, 3.8) is 0 Å². The maximum Gasteiger partial charge on any atom is 0.255 e. The number of aromatic amines is 1. The largest absolute Gasteiger partial charge is 0.361 e. The number of H-pyrrole nitrogens is 1. The summed E-state index contributed by atoms with van der Waals surface area (Å²) in [6.07, 6.45) is 1.72. The Balaban J connectivity index is 1.91. The fourth-order valence-electron chi connectivity index (χ4n) is 2.01. The minimum Gasteiger partial charge on any atom is -0.361 e. The summed E-state index contributed by atoms with van der Waals surface area (Å²) < 4.78 is 39.4. The van der Waals surface area contributed by atoms with Crippen molar-refractivity contribution in [3.05, 3.63) is 65.6 Å². The molecule has 1 heterocycles. The highest BCUT2D eigenvalue weighted by molar-refractivity contribution is 6.06. The van der Waals surface area contributed by atoms with Crippen LogP contribution >= 0.6 is 0 Å². The number of halogens is 3. The molecule has 0 spiro atoms. The molecule has 3 aromatic rings. The monoisotopic (exact) mass is 290 g/mol. The van der Waals surface area contributed by atoms with Gasteiger partial charge < -0.3 is 10.3 Å². The van der Waals surface area contributed by atoms with Crippen LogP contribution in [0.2, 0.25) is 0 Å². The predicted octanol–water partition coefficient (Wildman–Crippen LogP) is 3.84. The van der Waals surface area contributed by atoms with Crippen molar-refractivity contribution in [3.8, 4) is 0 Å². The molecule has 0 saturated carbocycles. The van der Waals surface area contributed by atoms with Crippen molar-refractivity contribution in [2.75, 3.05) is 5.32 Å². The minimum absolute atomic E-state index is 0.272. The van der Waals surface area contributed by atoms with Crippen molar-refractivity contribution in [2.45, 2.75) is 0 Å². The minimum atomic E-state index is -1.62. The van der Waals surface area contributed by atoms with Crippen LogP contribution in [0.15, 0.2) is 42.6 Å². The Bertz CT molecular complexity index is 842. The maximum absolute atomic E-state index is 13.5. The van der Waals surface area contributed by atoms with Gasteiger partial charge in [0.1, 0.15) is 0 Å². The first kappa shape index (κ1) is 13.2. The molecule has 2 N–H and O–H groups in total. The molecular weight excluding hydrogens is 281 g/mol. The molecule has 0 aliphatic rings. The van der Waals surface area contributed by atoms with E-state index >= 15 is 0 Å². The van der Waals surface area contributed by atoms with Crippen LogP contribution in [-0.4, -0.2) is 10.9 Å². The topological polar surface area (TPSA) is 44.9 Å². The number of fused-ring (bicyclic) bond motifs is 1. The van der Waals surface area contributed by atoms with Gasteiger partial charge in [-0.05, 0) is 35.7 Å². The lowest BCUT2D eigenvalue weighted by Gasteiger charge is -2.07. The zero-order valence-electron chi connectivity index (χ0n) is 10.6. The first-order chi connectivity index (χ1) is 10.1. The lowest BCUT2D eigenvalue weighted by atomic mass is 10.1. The fraction of sp³-hybridized carbons (Fsp3) is 0. The van der Waals surface area contributed by atoms with Gasteiger partial charge >= 0.3 is 0 Å². The van der Waals surface area contributed by atoms with Crippen LogP contribution in [0.3, 0.4) is 0 Å². The number of hydrogen-bond donors (Lipinski definition) is 2. The van der Waals surface area contributed by atoms with E-state index in [4.69, 9.17) is 0 Å². The summed E-state index contributed by atoms with van der Waals surface area (Å²) in [6.45, 7) is 0. The van der Waals surface area contributed by atoms with Gasteiger partial charge in [-0.2, -0.15) is 0 Å². The second-order valence-corrected chi connectivity index (χ2v) is 4.46. The molecule has 2 aromatic carbocycles. The normalized spacial score (nSPS) is 10.8. The first-order valence-electron chi connectivity index (χ1n) is 6.08. The summed E-state index contributed by atoms with van der Waals surface area (Å²) in [4.78, 5) is 15.0. The number of nitrogens with one attached hydrogen (secondary N) is 2. The zero-order chi connectivity index (χ0) is 15.0. The molecule has 1 aromatic heterocycles. The van der Waals surface area contributed by atoms with E-state index < -0.39 is 29.0 Å². The van der Waals surface area contributed by atoms with Crippen LogP contribution in [0.5, 0.6) is 0 Å². The van der Waals surface area contributed by atoms with Gasteiger partial charge in [-0.3, -0.25) is 4.79 Å². The molecule has 0 saturated heterocycles. The molecular formula is C15H9F3N2O. The molecule has 1 amide bonds. The van der Waals surface area contributed by atoms with Gasteiger partial charge in [0.25, 0.3) is 5.91 Å². The van der Waals surface area contributed by atoms with Crippen LogP contribution in [0.25, 0.3) is 10.9 Å². The molecule has 0 bridgehead atoms. The van der Waals surface area contributed by atoms with Crippen LogP contribution in [0.4, 0.5) is 18.9 Å². The number of anilines is 1. The third-order valence-corrected chi connectivity index (χ3v) is 3.10. The predicted molar refractivity (Wildman–Crippen MR) is 72.6 cm³/mol.